The summed E-state index contributed by atoms with van der Waals surface area (Å²) in [6.07, 6.45) is 0.766. The molecular weight excluding hydrogens is 388 g/mol. The molecule has 0 heterocycles. The highest BCUT2D eigenvalue weighted by atomic mass is 28.3. The zero-order valence-corrected chi connectivity index (χ0v) is 21.3. The van der Waals surface area contributed by atoms with E-state index in [-0.39, 0.29) is 0 Å². The molecule has 0 fully saturated rings. The summed E-state index contributed by atoms with van der Waals surface area (Å²) in [5.41, 5.74) is 4.49. The van der Waals surface area contributed by atoms with Gasteiger partial charge in [0.1, 0.15) is 0 Å². The van der Waals surface area contributed by atoms with E-state index < -0.39 is 16.5 Å². The fraction of sp³-hybridized carbons (Fsp3) is 0.391. The fourth-order valence-corrected chi connectivity index (χ4v) is 5.90. The van der Waals surface area contributed by atoms with E-state index in [1.807, 2.05) is 12.1 Å². The van der Waals surface area contributed by atoms with Crippen LogP contribution in [0.15, 0.2) is 70.9 Å². The van der Waals surface area contributed by atoms with Gasteiger partial charge in [0.15, 0.2) is 16.5 Å². The van der Waals surface area contributed by atoms with Crippen molar-refractivity contribution < 1.29 is 0 Å². The third kappa shape index (κ3) is 6.97. The Morgan fingerprint density at radius 2 is 0.931 bits per heavy atom. The summed E-state index contributed by atoms with van der Waals surface area (Å²) in [5, 5.41) is 10.0. The maximum atomic E-state index is 5.02. The number of hydrogen-bond acceptors (Lipinski definition) is 4. The van der Waals surface area contributed by atoms with Crippen molar-refractivity contribution in [3.63, 3.8) is 0 Å². The fourth-order valence-electron chi connectivity index (χ4n) is 3.11. The van der Waals surface area contributed by atoms with E-state index in [2.05, 4.69) is 111 Å². The molecule has 0 amide bonds. The Morgan fingerprint density at radius 1 is 0.621 bits per heavy atom. The minimum Gasteiger partial charge on any atom is -0.295 e. The van der Waals surface area contributed by atoms with E-state index in [0.29, 0.717) is 0 Å². The Morgan fingerprint density at radius 3 is 1.21 bits per heavy atom. The van der Waals surface area contributed by atoms with E-state index in [1.165, 1.54) is 0 Å². The van der Waals surface area contributed by atoms with E-state index in [1.54, 1.807) is 0 Å². The van der Waals surface area contributed by atoms with Crippen LogP contribution in [0.4, 0.5) is 11.4 Å². The second kappa shape index (κ2) is 9.54. The highest BCUT2D eigenvalue weighted by Gasteiger charge is 2.26. The molecule has 0 N–H and O–H groups in total. The van der Waals surface area contributed by atoms with Crippen molar-refractivity contribution in [3.8, 4) is 0 Å². The molecule has 0 saturated carbocycles. The molecule has 156 valence electrons. The Labute approximate surface area is 179 Å². The lowest BCUT2D eigenvalue weighted by atomic mass is 10.2. The first-order chi connectivity index (χ1) is 13.5. The van der Waals surface area contributed by atoms with Gasteiger partial charge in [-0.05, 0) is 77.4 Å². The molecule has 0 bridgehead atoms. The van der Waals surface area contributed by atoms with Crippen LogP contribution in [0.3, 0.4) is 0 Å². The van der Waals surface area contributed by atoms with Gasteiger partial charge in [-0.2, -0.15) is 10.2 Å². The Hall–Kier alpha value is -2.19. The first kappa shape index (κ1) is 23.1. The van der Waals surface area contributed by atoms with Gasteiger partial charge in [0.25, 0.3) is 0 Å². The zero-order chi connectivity index (χ0) is 21.7. The van der Waals surface area contributed by atoms with Gasteiger partial charge in [-0.25, -0.2) is 0 Å². The van der Waals surface area contributed by atoms with Gasteiger partial charge < -0.3 is 0 Å². The van der Waals surface area contributed by atoms with Crippen molar-refractivity contribution in [1.82, 2.24) is 0 Å². The quantitative estimate of drug-likeness (QED) is 0.265. The van der Waals surface area contributed by atoms with Crippen molar-refractivity contribution in [1.29, 1.82) is 0 Å². The van der Waals surface area contributed by atoms with Gasteiger partial charge in [-0.15, -0.1) is 0 Å². The van der Waals surface area contributed by atoms with Gasteiger partial charge in [-0.3, -0.25) is 9.35 Å². The molecule has 0 saturated heterocycles. The van der Waals surface area contributed by atoms with Crippen LogP contribution in [0.2, 0.25) is 39.3 Å². The molecule has 0 radical (unpaired) electrons. The first-order valence-corrected chi connectivity index (χ1v) is 17.2. The number of benzene rings is 2. The minimum absolute atomic E-state index is 0.766. The minimum atomic E-state index is -1.65. The smallest absolute Gasteiger partial charge is 0.176 e. The molecule has 2 aromatic carbocycles. The lowest BCUT2D eigenvalue weighted by molar-refractivity contribution is 1.09. The largest absolute Gasteiger partial charge is 0.295 e. The average Bonchev–Trinajstić information content (AvgIpc) is 2.64. The number of nitrogens with zero attached hydrogens (tertiary/aromatic N) is 4. The standard InChI is InChI=1S/C23H36N4Si2/c1-20(24-26(28(3,4)5)22-15-11-9-12-16-22)19-21(2)25-27(29(6,7)8)23-17-13-10-14-18-23/h9-18H,19H2,1-8H3. The average molecular weight is 425 g/mol. The molecule has 0 spiro atoms. The summed E-state index contributed by atoms with van der Waals surface area (Å²) in [5.74, 6) is 0. The van der Waals surface area contributed by atoms with Crippen molar-refractivity contribution in [2.75, 3.05) is 9.35 Å². The van der Waals surface area contributed by atoms with Crippen molar-refractivity contribution in [2.24, 2.45) is 10.2 Å². The summed E-state index contributed by atoms with van der Waals surface area (Å²) >= 11 is 0. The zero-order valence-electron chi connectivity index (χ0n) is 19.3. The highest BCUT2D eigenvalue weighted by Crippen LogP contribution is 2.23. The van der Waals surface area contributed by atoms with Crippen LogP contribution in [0.1, 0.15) is 20.3 Å². The molecule has 0 atom stereocenters. The summed E-state index contributed by atoms with van der Waals surface area (Å²) in [6, 6.07) is 20.9. The molecule has 4 nitrogen and oxygen atoms in total. The van der Waals surface area contributed by atoms with Crippen LogP contribution in [0.25, 0.3) is 0 Å². The summed E-state index contributed by atoms with van der Waals surface area (Å²) in [7, 11) is -3.31. The predicted octanol–water partition coefficient (Wildman–Crippen LogP) is 6.81. The number of rotatable bonds is 8. The molecule has 0 unspecified atom stereocenters. The normalized spacial score (nSPS) is 13.4. The van der Waals surface area contributed by atoms with Crippen LogP contribution in [-0.4, -0.2) is 27.9 Å². The second-order valence-corrected chi connectivity index (χ2v) is 19.0. The van der Waals surface area contributed by atoms with Crippen LogP contribution in [0.5, 0.6) is 0 Å². The molecule has 0 aromatic heterocycles. The summed E-state index contributed by atoms with van der Waals surface area (Å²) in [6.45, 7) is 18.1. The number of hydrogen-bond donors (Lipinski definition) is 0. The third-order valence-corrected chi connectivity index (χ3v) is 7.58. The number of hydrazone groups is 2. The van der Waals surface area contributed by atoms with E-state index in [0.717, 1.165) is 29.2 Å². The second-order valence-electron chi connectivity index (χ2n) is 9.48. The van der Waals surface area contributed by atoms with Crippen LogP contribution < -0.4 is 9.35 Å². The molecule has 0 aliphatic heterocycles. The molecule has 2 aromatic rings. The van der Waals surface area contributed by atoms with Crippen LogP contribution in [-0.2, 0) is 0 Å². The predicted molar refractivity (Wildman–Crippen MR) is 135 cm³/mol. The van der Waals surface area contributed by atoms with Gasteiger partial charge in [0.2, 0.25) is 0 Å². The van der Waals surface area contributed by atoms with Crippen LogP contribution >= 0.6 is 0 Å². The molecular formula is C23H36N4Si2. The lowest BCUT2D eigenvalue weighted by Gasteiger charge is -2.33. The molecule has 0 aliphatic carbocycles. The van der Waals surface area contributed by atoms with Crippen molar-refractivity contribution >= 4 is 39.3 Å². The van der Waals surface area contributed by atoms with Gasteiger partial charge in [0, 0.05) is 29.2 Å². The topological polar surface area (TPSA) is 31.2 Å². The van der Waals surface area contributed by atoms with E-state index in [9.17, 15) is 0 Å². The maximum absolute atomic E-state index is 5.02. The van der Waals surface area contributed by atoms with Crippen LogP contribution in [0, 0.1) is 0 Å². The molecule has 0 aliphatic rings. The Balaban J connectivity index is 2.28. The van der Waals surface area contributed by atoms with Gasteiger partial charge in [0.05, 0.1) is 0 Å². The highest BCUT2D eigenvalue weighted by molar-refractivity contribution is 6.80. The molecule has 29 heavy (non-hydrogen) atoms. The first-order valence-electron chi connectivity index (χ1n) is 10.3. The number of anilines is 2. The van der Waals surface area contributed by atoms with Crippen molar-refractivity contribution in [3.05, 3.63) is 60.7 Å². The Kier molecular flexibility index (Phi) is 7.60. The number of para-hydroxylation sites is 2. The Bertz CT molecular complexity index is 763. The monoisotopic (exact) mass is 424 g/mol. The SMILES string of the molecule is CC(CC(C)=NN(c1ccccc1)[Si](C)(C)C)=NN(c1ccccc1)[Si](C)(C)C. The van der Waals surface area contributed by atoms with Gasteiger partial charge in [-0.1, -0.05) is 36.4 Å². The summed E-state index contributed by atoms with van der Waals surface area (Å²) in [4.78, 5) is 0. The maximum Gasteiger partial charge on any atom is 0.176 e. The molecule has 2 rings (SSSR count). The van der Waals surface area contributed by atoms with E-state index >= 15 is 0 Å². The molecule has 6 heteroatoms. The third-order valence-electron chi connectivity index (χ3n) is 4.33. The van der Waals surface area contributed by atoms with Gasteiger partial charge >= 0.3 is 0 Å². The summed E-state index contributed by atoms with van der Waals surface area (Å²) < 4.78 is 4.48. The van der Waals surface area contributed by atoms with Crippen molar-refractivity contribution in [2.45, 2.75) is 59.6 Å². The lowest BCUT2D eigenvalue weighted by Crippen LogP contribution is -2.43. The van der Waals surface area contributed by atoms with E-state index in [4.69, 9.17) is 10.2 Å².